The van der Waals surface area contributed by atoms with E-state index in [9.17, 15) is 0 Å². The van der Waals surface area contributed by atoms with Crippen molar-refractivity contribution in [2.45, 2.75) is 20.8 Å². The highest BCUT2D eigenvalue weighted by atomic mass is 16.1. The van der Waals surface area contributed by atoms with Crippen LogP contribution in [0, 0.1) is 26.2 Å². The average Bonchev–Trinajstić information content (AvgIpc) is 1.84. The molecule has 0 atom stereocenters. The molecule has 64 valence electrons. The molecule has 12 heavy (non-hydrogen) atoms. The molecule has 1 aromatic carbocycles. The fourth-order valence-electron chi connectivity index (χ4n) is 1.20. The summed E-state index contributed by atoms with van der Waals surface area (Å²) in [4.78, 5) is 8.35. The summed E-state index contributed by atoms with van der Waals surface area (Å²) in [6.07, 6.45) is 0.750. The number of hydrogen-bond donors (Lipinski definition) is 1. The van der Waals surface area contributed by atoms with Crippen molar-refractivity contribution in [1.29, 1.82) is 5.41 Å². The van der Waals surface area contributed by atoms with Crippen LogP contribution in [-0.2, 0) is 4.79 Å². The van der Waals surface area contributed by atoms with Gasteiger partial charge in [-0.1, -0.05) is 34.9 Å². The molecule has 0 saturated carbocycles. The van der Waals surface area contributed by atoms with Crippen molar-refractivity contribution in [2.75, 3.05) is 0 Å². The first-order chi connectivity index (χ1) is 5.60. The van der Waals surface area contributed by atoms with Crippen LogP contribution in [0.1, 0.15) is 16.7 Å². The third kappa shape index (κ3) is 4.42. The standard InChI is InChI=1S/C9H12.CHNO/c1-7-4-8(2)6-9(3)5-7;2-1-3/h4-6H,1-3H3;2H. The fraction of sp³-hybridized carbons (Fsp3) is 0.300. The normalized spacial score (nSPS) is 7.92. The lowest BCUT2D eigenvalue weighted by molar-refractivity contribution is 0.563. The Labute approximate surface area is 72.7 Å². The predicted molar refractivity (Wildman–Crippen MR) is 49.1 cm³/mol. The molecule has 0 aliphatic carbocycles. The van der Waals surface area contributed by atoms with Crippen LogP contribution in [0.15, 0.2) is 18.2 Å². The number of benzene rings is 1. The molecule has 0 aromatic heterocycles. The van der Waals surface area contributed by atoms with E-state index in [-0.39, 0.29) is 0 Å². The highest BCUT2D eigenvalue weighted by Gasteiger charge is 1.87. The minimum Gasteiger partial charge on any atom is -0.222 e. The monoisotopic (exact) mass is 163 g/mol. The Morgan fingerprint density at radius 1 is 1.00 bits per heavy atom. The summed E-state index contributed by atoms with van der Waals surface area (Å²) in [5.41, 5.74) is 4.06. The molecular weight excluding hydrogens is 150 g/mol. The van der Waals surface area contributed by atoms with Gasteiger partial charge in [0, 0.05) is 0 Å². The van der Waals surface area contributed by atoms with E-state index in [2.05, 4.69) is 39.0 Å². The first kappa shape index (κ1) is 10.6. The van der Waals surface area contributed by atoms with E-state index >= 15 is 0 Å². The highest BCUT2D eigenvalue weighted by molar-refractivity contribution is 5.27. The number of hydrogen-bond acceptors (Lipinski definition) is 2. The van der Waals surface area contributed by atoms with Gasteiger partial charge in [-0.25, -0.2) is 10.2 Å². The molecule has 1 rings (SSSR count). The predicted octanol–water partition coefficient (Wildman–Crippen LogP) is 2.51. The van der Waals surface area contributed by atoms with Crippen molar-refractivity contribution in [1.82, 2.24) is 0 Å². The lowest BCUT2D eigenvalue weighted by Crippen LogP contribution is -1.78. The Bertz CT molecular complexity index is 235. The zero-order valence-corrected chi connectivity index (χ0v) is 7.64. The molecule has 0 spiro atoms. The molecular formula is C10H13NO. The Kier molecular flexibility index (Phi) is 4.66. The Morgan fingerprint density at radius 3 is 1.33 bits per heavy atom. The van der Waals surface area contributed by atoms with E-state index in [1.807, 2.05) is 0 Å². The molecule has 2 nitrogen and oxygen atoms in total. The molecule has 2 heteroatoms. The summed E-state index contributed by atoms with van der Waals surface area (Å²) in [5.74, 6) is 0. The van der Waals surface area contributed by atoms with Crippen LogP contribution in [0.25, 0.3) is 0 Å². The second-order valence-electron chi connectivity index (χ2n) is 2.77. The van der Waals surface area contributed by atoms with E-state index in [1.165, 1.54) is 16.7 Å². The molecule has 0 aliphatic heterocycles. The van der Waals surface area contributed by atoms with Crippen molar-refractivity contribution >= 4 is 6.08 Å². The van der Waals surface area contributed by atoms with Crippen LogP contribution in [-0.4, -0.2) is 6.08 Å². The van der Waals surface area contributed by atoms with Gasteiger partial charge in [0.2, 0.25) is 6.08 Å². The zero-order chi connectivity index (χ0) is 9.56. The lowest BCUT2D eigenvalue weighted by atomic mass is 10.1. The fourth-order valence-corrected chi connectivity index (χ4v) is 1.20. The highest BCUT2D eigenvalue weighted by Crippen LogP contribution is 2.06. The van der Waals surface area contributed by atoms with Crippen LogP contribution < -0.4 is 0 Å². The molecule has 0 bridgehead atoms. The van der Waals surface area contributed by atoms with Gasteiger partial charge in [0.25, 0.3) is 0 Å². The molecule has 0 amide bonds. The van der Waals surface area contributed by atoms with E-state index in [0.29, 0.717) is 0 Å². The smallest absolute Gasteiger partial charge is 0.222 e. The Balaban J connectivity index is 0.000000354. The van der Waals surface area contributed by atoms with Gasteiger partial charge in [-0.2, -0.15) is 0 Å². The van der Waals surface area contributed by atoms with E-state index in [4.69, 9.17) is 10.2 Å². The lowest BCUT2D eigenvalue weighted by Gasteiger charge is -1.96. The Hall–Kier alpha value is -1.40. The summed E-state index contributed by atoms with van der Waals surface area (Å²) >= 11 is 0. The van der Waals surface area contributed by atoms with E-state index in [0.717, 1.165) is 6.08 Å². The largest absolute Gasteiger partial charge is 0.231 e. The molecule has 1 aromatic rings. The van der Waals surface area contributed by atoms with Gasteiger partial charge in [0.05, 0.1) is 0 Å². The number of carbonyl (C=O) groups excluding carboxylic acids is 1. The summed E-state index contributed by atoms with van der Waals surface area (Å²) in [5, 5.41) is 5.40. The van der Waals surface area contributed by atoms with Crippen molar-refractivity contribution in [2.24, 2.45) is 0 Å². The van der Waals surface area contributed by atoms with Crippen LogP contribution in [0.5, 0.6) is 0 Å². The number of aryl methyl sites for hydroxylation is 3. The minimum absolute atomic E-state index is 0.750. The van der Waals surface area contributed by atoms with Crippen LogP contribution in [0.2, 0.25) is 0 Å². The average molecular weight is 163 g/mol. The van der Waals surface area contributed by atoms with Crippen LogP contribution >= 0.6 is 0 Å². The molecule has 0 unspecified atom stereocenters. The molecule has 0 radical (unpaired) electrons. The number of nitrogens with one attached hydrogen (secondary N) is 1. The van der Waals surface area contributed by atoms with Gasteiger partial charge in [0.1, 0.15) is 0 Å². The second-order valence-corrected chi connectivity index (χ2v) is 2.77. The van der Waals surface area contributed by atoms with Crippen LogP contribution in [0.3, 0.4) is 0 Å². The van der Waals surface area contributed by atoms with E-state index < -0.39 is 0 Å². The molecule has 0 heterocycles. The van der Waals surface area contributed by atoms with Gasteiger partial charge < -0.3 is 0 Å². The van der Waals surface area contributed by atoms with Gasteiger partial charge >= 0.3 is 0 Å². The maximum Gasteiger partial charge on any atom is 0.231 e. The van der Waals surface area contributed by atoms with Crippen molar-refractivity contribution in [3.05, 3.63) is 34.9 Å². The molecule has 0 saturated heterocycles. The number of rotatable bonds is 0. The maximum absolute atomic E-state index is 8.35. The molecule has 0 fully saturated rings. The zero-order valence-electron chi connectivity index (χ0n) is 7.64. The van der Waals surface area contributed by atoms with E-state index in [1.54, 1.807) is 0 Å². The summed E-state index contributed by atoms with van der Waals surface area (Å²) in [7, 11) is 0. The van der Waals surface area contributed by atoms with Gasteiger partial charge in [-0.3, -0.25) is 0 Å². The second kappa shape index (κ2) is 5.28. The third-order valence-corrected chi connectivity index (χ3v) is 1.37. The van der Waals surface area contributed by atoms with Gasteiger partial charge in [-0.05, 0) is 20.8 Å². The third-order valence-electron chi connectivity index (χ3n) is 1.37. The van der Waals surface area contributed by atoms with Gasteiger partial charge in [0.15, 0.2) is 0 Å². The first-order valence-corrected chi connectivity index (χ1v) is 3.69. The summed E-state index contributed by atoms with van der Waals surface area (Å²) in [6, 6.07) is 6.56. The first-order valence-electron chi connectivity index (χ1n) is 3.69. The topological polar surface area (TPSA) is 40.9 Å². The summed E-state index contributed by atoms with van der Waals surface area (Å²) < 4.78 is 0. The summed E-state index contributed by atoms with van der Waals surface area (Å²) in [6.45, 7) is 6.38. The number of isocyanates is 1. The van der Waals surface area contributed by atoms with Crippen molar-refractivity contribution < 1.29 is 4.79 Å². The van der Waals surface area contributed by atoms with Gasteiger partial charge in [-0.15, -0.1) is 0 Å². The molecule has 1 N–H and O–H groups in total. The Morgan fingerprint density at radius 2 is 1.17 bits per heavy atom. The quantitative estimate of drug-likeness (QED) is 0.463. The maximum atomic E-state index is 8.35. The van der Waals surface area contributed by atoms with Crippen LogP contribution in [0.4, 0.5) is 0 Å². The minimum atomic E-state index is 0.750. The van der Waals surface area contributed by atoms with Crippen molar-refractivity contribution in [3.63, 3.8) is 0 Å². The SMILES string of the molecule is Cc1cc(C)cc(C)c1.N=C=O. The van der Waals surface area contributed by atoms with Crippen molar-refractivity contribution in [3.8, 4) is 0 Å². The molecule has 0 aliphatic rings.